The topological polar surface area (TPSA) is 80.5 Å². The first-order chi connectivity index (χ1) is 13.5. The number of aromatic nitrogens is 1. The second kappa shape index (κ2) is 9.01. The highest BCUT2D eigenvalue weighted by Gasteiger charge is 2.15. The zero-order chi connectivity index (χ0) is 19.9. The summed E-state index contributed by atoms with van der Waals surface area (Å²) < 4.78 is 5.88. The Bertz CT molecular complexity index is 894. The minimum atomic E-state index is -0.541. The third-order valence-electron chi connectivity index (χ3n) is 4.16. The maximum Gasteiger partial charge on any atom is 0.239 e. The number of carbonyl (C=O) groups is 1. The van der Waals surface area contributed by atoms with Crippen LogP contribution in [0.15, 0.2) is 72.9 Å². The van der Waals surface area contributed by atoms with Crippen LogP contribution >= 0.6 is 0 Å². The van der Waals surface area contributed by atoms with Gasteiger partial charge in [-0.2, -0.15) is 0 Å². The molecule has 1 aromatic heterocycles. The van der Waals surface area contributed by atoms with Crippen molar-refractivity contribution in [3.63, 3.8) is 0 Å². The molecular weight excluding hydrogens is 352 g/mol. The molecular formula is C22H24N4O2. The van der Waals surface area contributed by atoms with E-state index in [0.717, 1.165) is 28.6 Å². The van der Waals surface area contributed by atoms with Crippen LogP contribution in [0.3, 0.4) is 0 Å². The van der Waals surface area contributed by atoms with E-state index in [2.05, 4.69) is 10.3 Å². The molecule has 1 unspecified atom stereocenters. The largest absolute Gasteiger partial charge is 0.457 e. The molecule has 0 radical (unpaired) electrons. The van der Waals surface area contributed by atoms with Crippen molar-refractivity contribution in [3.8, 4) is 11.5 Å². The number of rotatable bonds is 7. The lowest BCUT2D eigenvalue weighted by Gasteiger charge is -2.16. The second-order valence-electron chi connectivity index (χ2n) is 6.65. The van der Waals surface area contributed by atoms with E-state index in [4.69, 9.17) is 10.5 Å². The van der Waals surface area contributed by atoms with E-state index < -0.39 is 6.04 Å². The molecule has 0 aliphatic carbocycles. The number of nitrogens with two attached hydrogens (primary N) is 1. The Balaban J connectivity index is 1.57. The molecule has 2 aromatic carbocycles. The fourth-order valence-electron chi connectivity index (χ4n) is 2.69. The van der Waals surface area contributed by atoms with Crippen LogP contribution in [0.2, 0.25) is 0 Å². The zero-order valence-corrected chi connectivity index (χ0v) is 16.0. The number of pyridine rings is 1. The SMILES string of the molecule is CN(C)C(=O)C(N)Cc1ccc(Oc2ccc(Nc3ccccn3)cc2)cc1. The number of hydrogen-bond acceptors (Lipinski definition) is 5. The first kappa shape index (κ1) is 19.4. The molecule has 1 amide bonds. The third kappa shape index (κ3) is 5.31. The minimum absolute atomic E-state index is 0.0836. The van der Waals surface area contributed by atoms with Gasteiger partial charge in [0, 0.05) is 26.0 Å². The lowest BCUT2D eigenvalue weighted by atomic mass is 10.1. The number of benzene rings is 2. The second-order valence-corrected chi connectivity index (χ2v) is 6.65. The zero-order valence-electron chi connectivity index (χ0n) is 16.0. The molecule has 28 heavy (non-hydrogen) atoms. The molecule has 1 heterocycles. The molecule has 3 aromatic rings. The summed E-state index contributed by atoms with van der Waals surface area (Å²) >= 11 is 0. The summed E-state index contributed by atoms with van der Waals surface area (Å²) in [6.45, 7) is 0. The summed E-state index contributed by atoms with van der Waals surface area (Å²) in [5.74, 6) is 2.16. The summed E-state index contributed by atoms with van der Waals surface area (Å²) in [4.78, 5) is 17.6. The van der Waals surface area contributed by atoms with Gasteiger partial charge in [-0.25, -0.2) is 4.98 Å². The van der Waals surface area contributed by atoms with Crippen LogP contribution in [-0.2, 0) is 11.2 Å². The molecule has 0 aliphatic rings. The molecule has 3 N–H and O–H groups in total. The first-order valence-corrected chi connectivity index (χ1v) is 9.03. The van der Waals surface area contributed by atoms with Gasteiger partial charge in [0.25, 0.3) is 0 Å². The molecule has 6 heteroatoms. The Morgan fingerprint density at radius 1 is 1.04 bits per heavy atom. The van der Waals surface area contributed by atoms with Gasteiger partial charge in [-0.05, 0) is 60.5 Å². The average molecular weight is 376 g/mol. The van der Waals surface area contributed by atoms with Gasteiger partial charge in [-0.1, -0.05) is 18.2 Å². The molecule has 1 atom stereocenters. The van der Waals surface area contributed by atoms with Gasteiger partial charge in [0.15, 0.2) is 0 Å². The number of ether oxygens (including phenoxy) is 1. The van der Waals surface area contributed by atoms with E-state index in [1.807, 2.05) is 66.7 Å². The molecule has 0 saturated heterocycles. The van der Waals surface area contributed by atoms with Gasteiger partial charge in [0.1, 0.15) is 17.3 Å². The molecule has 144 valence electrons. The van der Waals surface area contributed by atoms with Crippen molar-refractivity contribution in [2.24, 2.45) is 5.73 Å². The number of likely N-dealkylation sites (N-methyl/N-ethyl adjacent to an activating group) is 1. The van der Waals surface area contributed by atoms with Crippen LogP contribution in [0.1, 0.15) is 5.56 Å². The number of nitrogens with one attached hydrogen (secondary N) is 1. The van der Waals surface area contributed by atoms with Gasteiger partial charge >= 0.3 is 0 Å². The fraction of sp³-hybridized carbons (Fsp3) is 0.182. The van der Waals surface area contributed by atoms with Gasteiger partial charge in [0.05, 0.1) is 6.04 Å². The molecule has 0 aliphatic heterocycles. The number of anilines is 2. The van der Waals surface area contributed by atoms with Crippen molar-refractivity contribution in [1.29, 1.82) is 0 Å². The Labute approximate surface area is 165 Å². The molecule has 0 fully saturated rings. The summed E-state index contributed by atoms with van der Waals surface area (Å²) in [5.41, 5.74) is 7.87. The van der Waals surface area contributed by atoms with Crippen LogP contribution in [0.4, 0.5) is 11.5 Å². The summed E-state index contributed by atoms with van der Waals surface area (Å²) in [6.07, 6.45) is 2.23. The first-order valence-electron chi connectivity index (χ1n) is 9.03. The van der Waals surface area contributed by atoms with E-state index in [-0.39, 0.29) is 5.91 Å². The quantitative estimate of drug-likeness (QED) is 0.659. The van der Waals surface area contributed by atoms with E-state index in [9.17, 15) is 4.79 Å². The molecule has 0 bridgehead atoms. The summed E-state index contributed by atoms with van der Waals surface area (Å²) in [7, 11) is 3.41. The number of carbonyl (C=O) groups excluding carboxylic acids is 1. The standard InChI is InChI=1S/C22H24N4O2/c1-26(2)22(27)20(23)15-16-6-10-18(11-7-16)28-19-12-8-17(9-13-19)25-21-5-3-4-14-24-21/h3-14,20H,15,23H2,1-2H3,(H,24,25). The minimum Gasteiger partial charge on any atom is -0.457 e. The number of amides is 1. The monoisotopic (exact) mass is 376 g/mol. The number of nitrogens with zero attached hydrogens (tertiary/aromatic N) is 2. The Morgan fingerprint density at radius 2 is 1.68 bits per heavy atom. The molecule has 3 rings (SSSR count). The van der Waals surface area contributed by atoms with Crippen molar-refractivity contribution < 1.29 is 9.53 Å². The maximum atomic E-state index is 11.9. The van der Waals surface area contributed by atoms with Crippen molar-refractivity contribution in [3.05, 3.63) is 78.5 Å². The predicted octanol–water partition coefficient (Wildman–Crippen LogP) is 3.58. The molecule has 0 saturated carbocycles. The van der Waals surface area contributed by atoms with Crippen LogP contribution in [-0.4, -0.2) is 35.9 Å². The maximum absolute atomic E-state index is 11.9. The smallest absolute Gasteiger partial charge is 0.239 e. The van der Waals surface area contributed by atoms with Crippen molar-refractivity contribution in [2.45, 2.75) is 12.5 Å². The Hall–Kier alpha value is -3.38. The van der Waals surface area contributed by atoms with Crippen LogP contribution < -0.4 is 15.8 Å². The molecule has 0 spiro atoms. The van der Waals surface area contributed by atoms with Crippen molar-refractivity contribution in [2.75, 3.05) is 19.4 Å². The van der Waals surface area contributed by atoms with Crippen LogP contribution in [0.25, 0.3) is 0 Å². The lowest BCUT2D eigenvalue weighted by Crippen LogP contribution is -2.41. The van der Waals surface area contributed by atoms with Crippen molar-refractivity contribution in [1.82, 2.24) is 9.88 Å². The summed E-state index contributed by atoms with van der Waals surface area (Å²) in [5, 5.41) is 3.23. The van der Waals surface area contributed by atoms with Crippen LogP contribution in [0.5, 0.6) is 11.5 Å². The van der Waals surface area contributed by atoms with Gasteiger partial charge < -0.3 is 20.7 Å². The van der Waals surface area contributed by atoms with Crippen molar-refractivity contribution >= 4 is 17.4 Å². The average Bonchev–Trinajstić information content (AvgIpc) is 2.71. The predicted molar refractivity (Wildman–Crippen MR) is 111 cm³/mol. The normalized spacial score (nSPS) is 11.5. The number of hydrogen-bond donors (Lipinski definition) is 2. The highest BCUT2D eigenvalue weighted by molar-refractivity contribution is 5.81. The molecule has 6 nitrogen and oxygen atoms in total. The van der Waals surface area contributed by atoms with Crippen LogP contribution in [0, 0.1) is 0 Å². The van der Waals surface area contributed by atoms with Gasteiger partial charge in [-0.3, -0.25) is 4.79 Å². The van der Waals surface area contributed by atoms with E-state index >= 15 is 0 Å². The lowest BCUT2D eigenvalue weighted by molar-refractivity contribution is -0.130. The Morgan fingerprint density at radius 3 is 2.25 bits per heavy atom. The Kier molecular flexibility index (Phi) is 6.24. The van der Waals surface area contributed by atoms with Gasteiger partial charge in [-0.15, -0.1) is 0 Å². The summed E-state index contributed by atoms with van der Waals surface area (Å²) in [6, 6.07) is 20.4. The fourth-order valence-corrected chi connectivity index (χ4v) is 2.69. The highest BCUT2D eigenvalue weighted by Crippen LogP contribution is 2.24. The highest BCUT2D eigenvalue weighted by atomic mass is 16.5. The van der Waals surface area contributed by atoms with E-state index in [1.54, 1.807) is 20.3 Å². The third-order valence-corrected chi connectivity index (χ3v) is 4.16. The van der Waals surface area contributed by atoms with E-state index in [0.29, 0.717) is 6.42 Å². The van der Waals surface area contributed by atoms with Gasteiger partial charge in [0.2, 0.25) is 5.91 Å². The van der Waals surface area contributed by atoms with E-state index in [1.165, 1.54) is 4.90 Å².